The third kappa shape index (κ3) is 10.7. The third-order valence-corrected chi connectivity index (χ3v) is 2.83. The molecule has 0 aromatic carbocycles. The number of hydrogen-bond donors (Lipinski definition) is 1. The highest BCUT2D eigenvalue weighted by molar-refractivity contribution is 4.62. The quantitative estimate of drug-likeness (QED) is 0.422. The van der Waals surface area contributed by atoms with Gasteiger partial charge >= 0.3 is 0 Å². The van der Waals surface area contributed by atoms with Gasteiger partial charge in [-0.3, -0.25) is 0 Å². The van der Waals surface area contributed by atoms with Crippen LogP contribution in [0, 0.1) is 0 Å². The van der Waals surface area contributed by atoms with Crippen molar-refractivity contribution in [3.05, 3.63) is 0 Å². The zero-order chi connectivity index (χ0) is 12.9. The van der Waals surface area contributed by atoms with E-state index in [4.69, 9.17) is 9.47 Å². The number of hydrogen-bond acceptors (Lipinski definition) is 3. The molecular weight excluding hydrogens is 214 g/mol. The van der Waals surface area contributed by atoms with Crippen molar-refractivity contribution < 1.29 is 9.47 Å². The van der Waals surface area contributed by atoms with Crippen molar-refractivity contribution in [3.63, 3.8) is 0 Å². The van der Waals surface area contributed by atoms with Crippen molar-refractivity contribution in [2.24, 2.45) is 0 Å². The predicted octanol–water partition coefficient (Wildman–Crippen LogP) is 3.33. The Labute approximate surface area is 107 Å². The van der Waals surface area contributed by atoms with E-state index in [1.165, 1.54) is 32.1 Å². The summed E-state index contributed by atoms with van der Waals surface area (Å²) in [4.78, 5) is 0. The monoisotopic (exact) mass is 245 g/mol. The van der Waals surface area contributed by atoms with Crippen molar-refractivity contribution in [2.45, 2.75) is 72.1 Å². The highest BCUT2D eigenvalue weighted by atomic mass is 16.7. The summed E-state index contributed by atoms with van der Waals surface area (Å²) in [5.41, 5.74) is 0. The number of ether oxygens (including phenoxy) is 2. The third-order valence-electron chi connectivity index (χ3n) is 2.83. The van der Waals surface area contributed by atoms with E-state index in [1.807, 2.05) is 13.8 Å². The van der Waals surface area contributed by atoms with Gasteiger partial charge in [0.25, 0.3) is 0 Å². The zero-order valence-electron chi connectivity index (χ0n) is 12.1. The van der Waals surface area contributed by atoms with E-state index < -0.39 is 0 Å². The Morgan fingerprint density at radius 3 is 2.12 bits per heavy atom. The van der Waals surface area contributed by atoms with Gasteiger partial charge in [-0.05, 0) is 27.2 Å². The Bertz CT molecular complexity index is 147. The lowest BCUT2D eigenvalue weighted by Gasteiger charge is -2.20. The molecule has 1 N–H and O–H groups in total. The van der Waals surface area contributed by atoms with E-state index >= 15 is 0 Å². The molecule has 0 aliphatic rings. The van der Waals surface area contributed by atoms with Gasteiger partial charge < -0.3 is 14.8 Å². The molecule has 0 heterocycles. The minimum absolute atomic E-state index is 0.0944. The molecule has 0 saturated carbocycles. The maximum absolute atomic E-state index is 5.49. The number of rotatable bonds is 12. The van der Waals surface area contributed by atoms with Crippen LogP contribution in [0.5, 0.6) is 0 Å². The maximum atomic E-state index is 5.49. The molecule has 0 aromatic rings. The first-order chi connectivity index (χ1) is 8.24. The second-order valence-corrected chi connectivity index (χ2v) is 4.50. The first kappa shape index (κ1) is 16.9. The fourth-order valence-electron chi connectivity index (χ4n) is 1.81. The largest absolute Gasteiger partial charge is 0.352 e. The summed E-state index contributed by atoms with van der Waals surface area (Å²) in [5, 5.41) is 3.48. The lowest BCUT2D eigenvalue weighted by molar-refractivity contribution is -0.133. The summed E-state index contributed by atoms with van der Waals surface area (Å²) in [6, 6.07) is 0.551. The smallest absolute Gasteiger partial charge is 0.169 e. The van der Waals surface area contributed by atoms with Gasteiger partial charge in [-0.2, -0.15) is 0 Å². The molecule has 0 aliphatic carbocycles. The maximum Gasteiger partial charge on any atom is 0.169 e. The SMILES string of the molecule is CCCCCCC(C)NCC(OCC)OCC. The van der Waals surface area contributed by atoms with Crippen LogP contribution in [0.15, 0.2) is 0 Å². The molecule has 3 heteroatoms. The van der Waals surface area contributed by atoms with E-state index in [-0.39, 0.29) is 6.29 Å². The Morgan fingerprint density at radius 2 is 1.59 bits per heavy atom. The molecule has 1 atom stereocenters. The molecule has 0 amide bonds. The van der Waals surface area contributed by atoms with Crippen LogP contribution in [0.4, 0.5) is 0 Å². The Hall–Kier alpha value is -0.120. The number of nitrogens with one attached hydrogen (secondary N) is 1. The highest BCUT2D eigenvalue weighted by Crippen LogP contribution is 2.05. The molecule has 17 heavy (non-hydrogen) atoms. The van der Waals surface area contributed by atoms with Crippen LogP contribution in [0.3, 0.4) is 0 Å². The minimum atomic E-state index is -0.0944. The lowest BCUT2D eigenvalue weighted by Crippen LogP contribution is -2.36. The Kier molecular flexibility index (Phi) is 12.3. The van der Waals surface area contributed by atoms with E-state index in [0.29, 0.717) is 19.3 Å². The molecule has 0 aliphatic heterocycles. The standard InChI is InChI=1S/C14H31NO2/c1-5-8-9-10-11-13(4)15-12-14(16-6-2)17-7-3/h13-15H,5-12H2,1-4H3. The van der Waals surface area contributed by atoms with Crippen molar-refractivity contribution in [3.8, 4) is 0 Å². The fourth-order valence-corrected chi connectivity index (χ4v) is 1.81. The Morgan fingerprint density at radius 1 is 0.941 bits per heavy atom. The average Bonchev–Trinajstić information content (AvgIpc) is 2.32. The molecule has 104 valence electrons. The van der Waals surface area contributed by atoms with Crippen molar-refractivity contribution >= 4 is 0 Å². The predicted molar refractivity (Wildman–Crippen MR) is 73.3 cm³/mol. The van der Waals surface area contributed by atoms with Crippen LogP contribution in [0.2, 0.25) is 0 Å². The van der Waals surface area contributed by atoms with Gasteiger partial charge in [-0.15, -0.1) is 0 Å². The topological polar surface area (TPSA) is 30.5 Å². The summed E-state index contributed by atoms with van der Waals surface area (Å²) >= 11 is 0. The second kappa shape index (κ2) is 12.3. The van der Waals surface area contributed by atoms with Crippen molar-refractivity contribution in [1.82, 2.24) is 5.32 Å². The molecule has 0 bridgehead atoms. The Balaban J connectivity index is 3.53. The van der Waals surface area contributed by atoms with E-state index in [0.717, 1.165) is 6.54 Å². The van der Waals surface area contributed by atoms with Gasteiger partial charge in [-0.1, -0.05) is 32.6 Å². The van der Waals surface area contributed by atoms with Gasteiger partial charge in [0.15, 0.2) is 6.29 Å². The first-order valence-electron chi connectivity index (χ1n) is 7.21. The lowest BCUT2D eigenvalue weighted by atomic mass is 10.1. The fraction of sp³-hybridized carbons (Fsp3) is 1.00. The van der Waals surface area contributed by atoms with Gasteiger partial charge in [0, 0.05) is 25.8 Å². The molecule has 0 spiro atoms. The summed E-state index contributed by atoms with van der Waals surface area (Å²) in [6.07, 6.45) is 6.47. The summed E-state index contributed by atoms with van der Waals surface area (Å²) in [5.74, 6) is 0. The average molecular weight is 245 g/mol. The highest BCUT2D eigenvalue weighted by Gasteiger charge is 2.09. The van der Waals surface area contributed by atoms with Crippen molar-refractivity contribution in [1.29, 1.82) is 0 Å². The van der Waals surface area contributed by atoms with Crippen LogP contribution in [0.1, 0.15) is 59.8 Å². The summed E-state index contributed by atoms with van der Waals surface area (Å²) < 4.78 is 11.0. The zero-order valence-corrected chi connectivity index (χ0v) is 12.1. The molecule has 0 aromatic heterocycles. The second-order valence-electron chi connectivity index (χ2n) is 4.50. The van der Waals surface area contributed by atoms with Crippen LogP contribution >= 0.6 is 0 Å². The van der Waals surface area contributed by atoms with Crippen LogP contribution in [0.25, 0.3) is 0 Å². The van der Waals surface area contributed by atoms with Gasteiger partial charge in [0.2, 0.25) is 0 Å². The molecule has 3 nitrogen and oxygen atoms in total. The van der Waals surface area contributed by atoms with Crippen LogP contribution in [-0.2, 0) is 9.47 Å². The molecular formula is C14H31NO2. The molecule has 0 radical (unpaired) electrons. The summed E-state index contributed by atoms with van der Waals surface area (Å²) in [6.45, 7) is 10.7. The van der Waals surface area contributed by atoms with Crippen molar-refractivity contribution in [2.75, 3.05) is 19.8 Å². The minimum Gasteiger partial charge on any atom is -0.352 e. The van der Waals surface area contributed by atoms with Gasteiger partial charge in [-0.25, -0.2) is 0 Å². The van der Waals surface area contributed by atoms with Crippen LogP contribution in [-0.4, -0.2) is 32.1 Å². The van der Waals surface area contributed by atoms with Crippen LogP contribution < -0.4 is 5.32 Å². The van der Waals surface area contributed by atoms with E-state index in [1.54, 1.807) is 0 Å². The van der Waals surface area contributed by atoms with Gasteiger partial charge in [0.1, 0.15) is 0 Å². The summed E-state index contributed by atoms with van der Waals surface area (Å²) in [7, 11) is 0. The van der Waals surface area contributed by atoms with E-state index in [2.05, 4.69) is 19.2 Å². The number of unbranched alkanes of at least 4 members (excludes halogenated alkanes) is 3. The van der Waals surface area contributed by atoms with E-state index in [9.17, 15) is 0 Å². The molecule has 1 unspecified atom stereocenters. The normalized spacial score (nSPS) is 13.2. The first-order valence-corrected chi connectivity index (χ1v) is 7.21. The van der Waals surface area contributed by atoms with Gasteiger partial charge in [0.05, 0.1) is 0 Å². The molecule has 0 fully saturated rings. The molecule has 0 saturated heterocycles. The molecule has 0 rings (SSSR count).